The van der Waals surface area contributed by atoms with Crippen LogP contribution in [0.1, 0.15) is 24.5 Å². The van der Waals surface area contributed by atoms with E-state index in [1.54, 1.807) is 36.0 Å². The first-order valence-electron chi connectivity index (χ1n) is 6.40. The van der Waals surface area contributed by atoms with Crippen molar-refractivity contribution in [2.24, 2.45) is 7.05 Å². The van der Waals surface area contributed by atoms with Crippen LogP contribution in [-0.4, -0.2) is 20.5 Å². The van der Waals surface area contributed by atoms with Gasteiger partial charge >= 0.3 is 0 Å². The van der Waals surface area contributed by atoms with Crippen LogP contribution < -0.4 is 0 Å². The Morgan fingerprint density at radius 1 is 1.37 bits per heavy atom. The maximum absolute atomic E-state index is 13.6. The summed E-state index contributed by atoms with van der Waals surface area (Å²) in [5, 5.41) is 14.5. The lowest BCUT2D eigenvalue weighted by atomic mass is 9.90. The maximum atomic E-state index is 13.6. The fourth-order valence-electron chi connectivity index (χ4n) is 2.16. The van der Waals surface area contributed by atoms with E-state index in [-0.39, 0.29) is 5.82 Å². The molecule has 2 aromatic rings. The highest BCUT2D eigenvalue weighted by molar-refractivity contribution is 5.19. The van der Waals surface area contributed by atoms with Gasteiger partial charge < -0.3 is 5.11 Å². The van der Waals surface area contributed by atoms with E-state index in [9.17, 15) is 9.50 Å². The summed E-state index contributed by atoms with van der Waals surface area (Å²) in [6, 6.07) is 6.58. The Kier molecular flexibility index (Phi) is 4.00. The Labute approximate surface area is 112 Å². The van der Waals surface area contributed by atoms with Gasteiger partial charge in [-0.25, -0.2) is 4.39 Å². The molecule has 0 radical (unpaired) electrons. The molecule has 0 bridgehead atoms. The van der Waals surface area contributed by atoms with Gasteiger partial charge in [-0.05, 0) is 37.0 Å². The fourth-order valence-corrected chi connectivity index (χ4v) is 2.16. The minimum atomic E-state index is -0.919. The Bertz CT molecular complexity index is 549. The van der Waals surface area contributed by atoms with Gasteiger partial charge in [-0.3, -0.25) is 4.68 Å². The number of halogens is 1. The molecule has 4 heteroatoms. The Morgan fingerprint density at radius 3 is 2.74 bits per heavy atom. The summed E-state index contributed by atoms with van der Waals surface area (Å²) in [7, 11) is 1.86. The highest BCUT2D eigenvalue weighted by Crippen LogP contribution is 2.21. The van der Waals surface area contributed by atoms with Crippen molar-refractivity contribution in [2.45, 2.75) is 31.8 Å². The second-order valence-corrected chi connectivity index (χ2v) is 5.29. The minimum Gasteiger partial charge on any atom is -0.390 e. The molecule has 0 aliphatic rings. The van der Waals surface area contributed by atoms with Crippen LogP contribution in [0.15, 0.2) is 36.7 Å². The first kappa shape index (κ1) is 13.7. The van der Waals surface area contributed by atoms with Crippen molar-refractivity contribution in [3.63, 3.8) is 0 Å². The summed E-state index contributed by atoms with van der Waals surface area (Å²) < 4.78 is 15.3. The van der Waals surface area contributed by atoms with E-state index in [1.807, 2.05) is 13.2 Å². The third-order valence-electron chi connectivity index (χ3n) is 3.24. The molecular formula is C15H19FN2O. The van der Waals surface area contributed by atoms with Gasteiger partial charge in [0.15, 0.2) is 0 Å². The molecule has 0 spiro atoms. The number of rotatable bonds is 5. The lowest BCUT2D eigenvalue weighted by Gasteiger charge is -2.23. The Morgan fingerprint density at radius 2 is 2.11 bits per heavy atom. The van der Waals surface area contributed by atoms with E-state index in [1.165, 1.54) is 6.07 Å². The second-order valence-electron chi connectivity index (χ2n) is 5.29. The zero-order valence-electron chi connectivity index (χ0n) is 11.3. The zero-order chi connectivity index (χ0) is 13.9. The smallest absolute Gasteiger partial charge is 0.126 e. The summed E-state index contributed by atoms with van der Waals surface area (Å²) in [5.41, 5.74) is 0.716. The third-order valence-corrected chi connectivity index (χ3v) is 3.24. The number of aromatic nitrogens is 2. The predicted molar refractivity (Wildman–Crippen MR) is 72.3 cm³/mol. The summed E-state index contributed by atoms with van der Waals surface area (Å²) in [6.45, 7) is 1.75. The molecule has 0 fully saturated rings. The van der Waals surface area contributed by atoms with Gasteiger partial charge in [0, 0.05) is 19.7 Å². The molecular weight excluding hydrogens is 243 g/mol. The van der Waals surface area contributed by atoms with Crippen molar-refractivity contribution >= 4 is 0 Å². The van der Waals surface area contributed by atoms with Crippen LogP contribution in [0.25, 0.3) is 0 Å². The van der Waals surface area contributed by atoms with Crippen molar-refractivity contribution in [1.82, 2.24) is 9.78 Å². The van der Waals surface area contributed by atoms with Gasteiger partial charge in [-0.2, -0.15) is 5.10 Å². The quantitative estimate of drug-likeness (QED) is 0.899. The van der Waals surface area contributed by atoms with Gasteiger partial charge in [-0.1, -0.05) is 18.2 Å². The van der Waals surface area contributed by atoms with Crippen LogP contribution in [0, 0.1) is 5.82 Å². The lowest BCUT2D eigenvalue weighted by molar-refractivity contribution is 0.0507. The molecule has 0 saturated carbocycles. The molecule has 1 aromatic carbocycles. The van der Waals surface area contributed by atoms with Gasteiger partial charge in [-0.15, -0.1) is 0 Å². The molecule has 0 aliphatic carbocycles. The van der Waals surface area contributed by atoms with E-state index in [4.69, 9.17) is 0 Å². The van der Waals surface area contributed by atoms with Crippen molar-refractivity contribution in [1.29, 1.82) is 0 Å². The second kappa shape index (κ2) is 5.53. The van der Waals surface area contributed by atoms with E-state index in [2.05, 4.69) is 5.10 Å². The van der Waals surface area contributed by atoms with Crippen molar-refractivity contribution in [3.8, 4) is 0 Å². The first-order chi connectivity index (χ1) is 8.96. The van der Waals surface area contributed by atoms with Crippen molar-refractivity contribution in [3.05, 3.63) is 53.6 Å². The molecule has 0 aliphatic heterocycles. The number of hydrogen-bond donors (Lipinski definition) is 1. The predicted octanol–water partition coefficient (Wildman–Crippen LogP) is 2.49. The molecule has 1 N–H and O–H groups in total. The summed E-state index contributed by atoms with van der Waals surface area (Å²) in [5.74, 6) is -0.260. The normalized spacial score (nSPS) is 14.3. The maximum Gasteiger partial charge on any atom is 0.126 e. The number of aryl methyl sites for hydroxylation is 2. The SMILES string of the molecule is Cn1cc(CCC(C)(O)Cc2ccccc2F)cn1. The molecule has 1 heterocycles. The molecule has 0 amide bonds. The summed E-state index contributed by atoms with van der Waals surface area (Å²) >= 11 is 0. The molecule has 2 rings (SSSR count). The van der Waals surface area contributed by atoms with Crippen LogP contribution in [0.5, 0.6) is 0 Å². The monoisotopic (exact) mass is 262 g/mol. The number of nitrogens with zero attached hydrogens (tertiary/aromatic N) is 2. The van der Waals surface area contributed by atoms with Gasteiger partial charge in [0.1, 0.15) is 5.82 Å². The average Bonchev–Trinajstić information content (AvgIpc) is 2.76. The molecule has 1 unspecified atom stereocenters. The van der Waals surface area contributed by atoms with Crippen molar-refractivity contribution in [2.75, 3.05) is 0 Å². The van der Waals surface area contributed by atoms with E-state index in [0.717, 1.165) is 12.0 Å². The minimum absolute atomic E-state index is 0.260. The Hall–Kier alpha value is -1.68. The number of benzene rings is 1. The largest absolute Gasteiger partial charge is 0.390 e. The zero-order valence-corrected chi connectivity index (χ0v) is 11.3. The Balaban J connectivity index is 1.97. The average molecular weight is 262 g/mol. The standard InChI is InChI=1S/C15H19FN2O/c1-15(19,8-7-12-10-17-18(2)11-12)9-13-5-3-4-6-14(13)16/h3-6,10-11,19H,7-9H2,1-2H3. The van der Waals surface area contributed by atoms with Crippen LogP contribution >= 0.6 is 0 Å². The molecule has 102 valence electrons. The van der Waals surface area contributed by atoms with Crippen molar-refractivity contribution < 1.29 is 9.50 Å². The number of aliphatic hydroxyl groups is 1. The molecule has 3 nitrogen and oxygen atoms in total. The van der Waals surface area contributed by atoms with E-state index >= 15 is 0 Å². The third kappa shape index (κ3) is 3.89. The first-order valence-corrected chi connectivity index (χ1v) is 6.40. The van der Waals surface area contributed by atoms with Gasteiger partial charge in [0.2, 0.25) is 0 Å². The fraction of sp³-hybridized carbons (Fsp3) is 0.400. The topological polar surface area (TPSA) is 38.0 Å². The highest BCUT2D eigenvalue weighted by Gasteiger charge is 2.22. The van der Waals surface area contributed by atoms with E-state index in [0.29, 0.717) is 18.4 Å². The molecule has 1 aromatic heterocycles. The number of hydrogen-bond acceptors (Lipinski definition) is 2. The van der Waals surface area contributed by atoms with Gasteiger partial charge in [0.25, 0.3) is 0 Å². The summed E-state index contributed by atoms with van der Waals surface area (Å²) in [4.78, 5) is 0. The lowest BCUT2D eigenvalue weighted by Crippen LogP contribution is -2.28. The van der Waals surface area contributed by atoms with Crippen LogP contribution in [0.3, 0.4) is 0 Å². The van der Waals surface area contributed by atoms with Gasteiger partial charge in [0.05, 0.1) is 11.8 Å². The van der Waals surface area contributed by atoms with Crippen LogP contribution in [-0.2, 0) is 19.9 Å². The molecule has 0 saturated heterocycles. The van der Waals surface area contributed by atoms with Crippen LogP contribution in [0.2, 0.25) is 0 Å². The highest BCUT2D eigenvalue weighted by atomic mass is 19.1. The molecule has 19 heavy (non-hydrogen) atoms. The summed E-state index contributed by atoms with van der Waals surface area (Å²) in [6.07, 6.45) is 5.35. The molecule has 1 atom stereocenters. The van der Waals surface area contributed by atoms with Crippen LogP contribution in [0.4, 0.5) is 4.39 Å². The van der Waals surface area contributed by atoms with E-state index < -0.39 is 5.60 Å².